The Labute approximate surface area is 145 Å². The van der Waals surface area contributed by atoms with Gasteiger partial charge in [0.15, 0.2) is 12.4 Å². The molecule has 1 aromatic heterocycles. The molecule has 1 aromatic carbocycles. The number of Topliss-reactive ketones (excluding diaryl/α,β-unsaturated/α-hetero) is 1. The maximum atomic E-state index is 11.7. The van der Waals surface area contributed by atoms with Gasteiger partial charge < -0.3 is 9.15 Å². The first-order chi connectivity index (χ1) is 8.58. The Kier molecular flexibility index (Phi) is 5.30. The summed E-state index contributed by atoms with van der Waals surface area (Å²) in [6, 6.07) is 7.34. The molecule has 0 spiro atoms. The van der Waals surface area contributed by atoms with Crippen LogP contribution in [0.5, 0.6) is 5.75 Å². The Bertz CT molecular complexity index is 541. The van der Waals surface area contributed by atoms with E-state index in [0.717, 1.165) is 16.5 Å². The minimum Gasteiger partial charge on any atom is -0.483 e. The molecule has 2 aromatic rings. The summed E-state index contributed by atoms with van der Waals surface area (Å²) < 4.78 is 13.7. The first-order valence-electron chi connectivity index (χ1n) is 4.92. The lowest BCUT2D eigenvalue weighted by molar-refractivity contribution is 0.0892. The van der Waals surface area contributed by atoms with E-state index < -0.39 is 0 Å². The zero-order chi connectivity index (χ0) is 13.1. The Morgan fingerprint density at radius 1 is 1.22 bits per heavy atom. The maximum Gasteiger partial charge on any atom is 0.235 e. The lowest BCUT2D eigenvalue weighted by atomic mass is 10.3. The van der Waals surface area contributed by atoms with Crippen LogP contribution >= 0.6 is 67.8 Å². The summed E-state index contributed by atoms with van der Waals surface area (Å²) in [7, 11) is 0. The van der Waals surface area contributed by atoms with Crippen LogP contribution in [0.25, 0.3) is 0 Å². The van der Waals surface area contributed by atoms with Gasteiger partial charge in [0.2, 0.25) is 5.78 Å². The second-order valence-electron chi connectivity index (χ2n) is 3.39. The van der Waals surface area contributed by atoms with E-state index >= 15 is 0 Å². The Hall–Kier alpha value is 0.160. The summed E-state index contributed by atoms with van der Waals surface area (Å²) in [5.74, 6) is 0.909. The number of halogens is 3. The fraction of sp³-hybridized carbons (Fsp3) is 0.0833. The predicted molar refractivity (Wildman–Crippen MR) is 93.1 cm³/mol. The van der Waals surface area contributed by atoms with E-state index in [0.29, 0.717) is 5.76 Å². The minimum absolute atomic E-state index is 0.0138. The lowest BCUT2D eigenvalue weighted by Crippen LogP contribution is -2.12. The molecule has 1 heterocycles. The molecular weight excluding hydrogens is 573 g/mol. The fourth-order valence-corrected chi connectivity index (χ4v) is 5.21. The fourth-order valence-electron chi connectivity index (χ4n) is 1.31. The molecule has 0 aliphatic carbocycles. The second-order valence-corrected chi connectivity index (χ2v) is 6.96. The summed E-state index contributed by atoms with van der Waals surface area (Å²) in [5.41, 5.74) is 0. The Morgan fingerprint density at radius 3 is 2.44 bits per heavy atom. The van der Waals surface area contributed by atoms with Crippen LogP contribution in [-0.4, -0.2) is 12.4 Å². The van der Waals surface area contributed by atoms with Gasteiger partial charge >= 0.3 is 0 Å². The van der Waals surface area contributed by atoms with E-state index in [1.165, 1.54) is 6.26 Å². The molecule has 0 saturated carbocycles. The van der Waals surface area contributed by atoms with E-state index in [9.17, 15) is 4.79 Å². The van der Waals surface area contributed by atoms with Crippen molar-refractivity contribution in [3.05, 3.63) is 47.0 Å². The molecule has 94 valence electrons. The summed E-state index contributed by atoms with van der Waals surface area (Å²) in [6.45, 7) is -0.0138. The summed E-state index contributed by atoms with van der Waals surface area (Å²) in [6.07, 6.45) is 1.48. The van der Waals surface area contributed by atoms with Crippen molar-refractivity contribution in [2.75, 3.05) is 6.61 Å². The third kappa shape index (κ3) is 3.59. The van der Waals surface area contributed by atoms with Gasteiger partial charge in [0.25, 0.3) is 0 Å². The van der Waals surface area contributed by atoms with Crippen LogP contribution in [0.2, 0.25) is 0 Å². The number of carbonyl (C=O) groups excluding carboxylic acids is 1. The zero-order valence-electron chi connectivity index (χ0n) is 8.95. The van der Waals surface area contributed by atoms with Crippen LogP contribution in [-0.2, 0) is 0 Å². The van der Waals surface area contributed by atoms with Crippen LogP contribution < -0.4 is 4.74 Å². The molecule has 0 aliphatic heterocycles. The molecule has 0 atom stereocenters. The molecule has 6 heteroatoms. The van der Waals surface area contributed by atoms with Gasteiger partial charge in [-0.2, -0.15) is 0 Å². The number of ketones is 1. The first-order valence-corrected chi connectivity index (χ1v) is 8.15. The predicted octanol–water partition coefficient (Wildman–Crippen LogP) is 4.36. The molecule has 0 saturated heterocycles. The van der Waals surface area contributed by atoms with Crippen molar-refractivity contribution in [1.29, 1.82) is 0 Å². The number of furan rings is 1. The molecule has 18 heavy (non-hydrogen) atoms. The van der Waals surface area contributed by atoms with Crippen LogP contribution in [0.1, 0.15) is 10.6 Å². The number of benzene rings is 1. The van der Waals surface area contributed by atoms with Gasteiger partial charge in [0.1, 0.15) is 5.75 Å². The highest BCUT2D eigenvalue weighted by Crippen LogP contribution is 2.29. The van der Waals surface area contributed by atoms with E-state index in [4.69, 9.17) is 9.15 Å². The van der Waals surface area contributed by atoms with Crippen molar-refractivity contribution < 1.29 is 13.9 Å². The van der Waals surface area contributed by atoms with Gasteiger partial charge in [-0.05, 0) is 92.0 Å². The van der Waals surface area contributed by atoms with Crippen LogP contribution in [0.4, 0.5) is 0 Å². The number of rotatable bonds is 4. The molecule has 0 N–H and O–H groups in total. The van der Waals surface area contributed by atoms with E-state index in [1.54, 1.807) is 12.1 Å². The van der Waals surface area contributed by atoms with Crippen molar-refractivity contribution in [3.8, 4) is 5.75 Å². The van der Waals surface area contributed by atoms with Gasteiger partial charge in [0.05, 0.1) is 13.4 Å². The first kappa shape index (κ1) is 14.6. The van der Waals surface area contributed by atoms with Crippen molar-refractivity contribution in [2.45, 2.75) is 0 Å². The molecule has 0 unspecified atom stereocenters. The summed E-state index contributed by atoms with van der Waals surface area (Å²) in [4.78, 5) is 11.7. The SMILES string of the molecule is O=C(COc1c(I)cc(I)cc1I)c1ccco1. The van der Waals surface area contributed by atoms with Crippen LogP contribution in [0, 0.1) is 10.7 Å². The highest BCUT2D eigenvalue weighted by atomic mass is 127. The standard InChI is InChI=1S/C12H7I3O3/c13-7-4-8(14)12(9(15)5-7)18-6-10(16)11-2-1-3-17-11/h1-5H,6H2. The molecule has 3 nitrogen and oxygen atoms in total. The third-order valence-corrected chi connectivity index (χ3v) is 4.33. The number of hydrogen-bond donors (Lipinski definition) is 0. The number of ether oxygens (including phenoxy) is 1. The highest BCUT2D eigenvalue weighted by molar-refractivity contribution is 14.1. The quantitative estimate of drug-likeness (QED) is 0.399. The molecule has 0 radical (unpaired) electrons. The third-order valence-electron chi connectivity index (χ3n) is 2.11. The van der Waals surface area contributed by atoms with Crippen molar-refractivity contribution in [1.82, 2.24) is 0 Å². The van der Waals surface area contributed by atoms with Gasteiger partial charge in [-0.25, -0.2) is 0 Å². The molecular formula is C12H7I3O3. The second kappa shape index (κ2) is 6.55. The zero-order valence-corrected chi connectivity index (χ0v) is 15.4. The van der Waals surface area contributed by atoms with E-state index in [2.05, 4.69) is 67.8 Å². The van der Waals surface area contributed by atoms with Gasteiger partial charge in [-0.3, -0.25) is 4.79 Å². The van der Waals surface area contributed by atoms with Crippen LogP contribution in [0.3, 0.4) is 0 Å². The minimum atomic E-state index is -0.162. The number of hydrogen-bond acceptors (Lipinski definition) is 3. The monoisotopic (exact) mass is 580 g/mol. The van der Waals surface area contributed by atoms with Crippen molar-refractivity contribution >= 4 is 73.6 Å². The van der Waals surface area contributed by atoms with E-state index in [1.807, 2.05) is 12.1 Å². The summed E-state index contributed by atoms with van der Waals surface area (Å²) in [5, 5.41) is 0. The molecule has 2 rings (SSSR count). The lowest BCUT2D eigenvalue weighted by Gasteiger charge is -2.09. The average Bonchev–Trinajstić information content (AvgIpc) is 2.80. The van der Waals surface area contributed by atoms with Gasteiger partial charge in [0, 0.05) is 3.57 Å². The molecule has 0 bridgehead atoms. The topological polar surface area (TPSA) is 39.4 Å². The molecule has 0 amide bonds. The van der Waals surface area contributed by atoms with Gasteiger partial charge in [-0.15, -0.1) is 0 Å². The Balaban J connectivity index is 2.09. The smallest absolute Gasteiger partial charge is 0.235 e. The highest BCUT2D eigenvalue weighted by Gasteiger charge is 2.13. The maximum absolute atomic E-state index is 11.7. The largest absolute Gasteiger partial charge is 0.483 e. The average molecular weight is 580 g/mol. The number of carbonyl (C=O) groups is 1. The molecule has 0 aliphatic rings. The van der Waals surface area contributed by atoms with Gasteiger partial charge in [-0.1, -0.05) is 0 Å². The van der Waals surface area contributed by atoms with Crippen molar-refractivity contribution in [2.24, 2.45) is 0 Å². The molecule has 0 fully saturated rings. The summed E-state index contributed by atoms with van der Waals surface area (Å²) >= 11 is 6.66. The normalized spacial score (nSPS) is 10.4. The van der Waals surface area contributed by atoms with Crippen molar-refractivity contribution in [3.63, 3.8) is 0 Å². The van der Waals surface area contributed by atoms with E-state index in [-0.39, 0.29) is 12.4 Å². The Morgan fingerprint density at radius 2 is 1.89 bits per heavy atom. The van der Waals surface area contributed by atoms with Crippen LogP contribution in [0.15, 0.2) is 34.9 Å².